The molecule has 0 radical (unpaired) electrons. The van der Waals surface area contributed by atoms with Gasteiger partial charge in [0, 0.05) is 33.1 Å². The number of carbonyl (C=O) groups is 1. The van der Waals surface area contributed by atoms with Crippen molar-refractivity contribution in [2.24, 2.45) is 0 Å². The van der Waals surface area contributed by atoms with Crippen LogP contribution in [0.5, 0.6) is 0 Å². The molecule has 0 unspecified atom stereocenters. The van der Waals surface area contributed by atoms with Crippen molar-refractivity contribution in [2.75, 3.05) is 14.1 Å². The first kappa shape index (κ1) is 11.7. The molecule has 0 bridgehead atoms. The van der Waals surface area contributed by atoms with Crippen LogP contribution in [0, 0.1) is 0 Å². The van der Waals surface area contributed by atoms with Crippen LogP contribution in [0.4, 0.5) is 0 Å². The number of amides is 1. The lowest BCUT2D eigenvalue weighted by Crippen LogP contribution is -2.26. The number of aromatic nitrogens is 2. The summed E-state index contributed by atoms with van der Waals surface area (Å²) in [6, 6.07) is 1.22. The molecule has 5 nitrogen and oxygen atoms in total. The Balaban J connectivity index is 2.66. The summed E-state index contributed by atoms with van der Waals surface area (Å²) in [6.45, 7) is 0.319. The quantitative estimate of drug-likeness (QED) is 0.704. The second-order valence-electron chi connectivity index (χ2n) is 3.28. The number of halogens is 1. The van der Waals surface area contributed by atoms with E-state index in [1.54, 1.807) is 14.1 Å². The minimum Gasteiger partial charge on any atom is -0.349 e. The standard InChI is InChI=1S/C9H12ClN3O2/c1-12(2)8(14)3-4-13-6-11-7(10)5-9(13)15/h5-6H,3-4H2,1-2H3. The first-order chi connectivity index (χ1) is 7.00. The van der Waals surface area contributed by atoms with Crippen LogP contribution in [0.25, 0.3) is 0 Å². The van der Waals surface area contributed by atoms with E-state index in [-0.39, 0.29) is 23.0 Å². The third-order valence-corrected chi connectivity index (χ3v) is 2.12. The Hall–Kier alpha value is -1.36. The second-order valence-corrected chi connectivity index (χ2v) is 3.67. The molecule has 1 aromatic rings. The van der Waals surface area contributed by atoms with E-state index in [2.05, 4.69) is 4.98 Å². The van der Waals surface area contributed by atoms with Gasteiger partial charge >= 0.3 is 0 Å². The third-order valence-electron chi connectivity index (χ3n) is 1.91. The Morgan fingerprint density at radius 1 is 1.60 bits per heavy atom. The molecular formula is C9H12ClN3O2. The van der Waals surface area contributed by atoms with E-state index in [0.29, 0.717) is 6.54 Å². The van der Waals surface area contributed by atoms with Crippen molar-refractivity contribution in [1.29, 1.82) is 0 Å². The Bertz CT molecular complexity index is 414. The smallest absolute Gasteiger partial charge is 0.254 e. The molecule has 0 aliphatic heterocycles. The molecule has 0 saturated heterocycles. The van der Waals surface area contributed by atoms with Crippen molar-refractivity contribution in [3.8, 4) is 0 Å². The maximum absolute atomic E-state index is 11.3. The normalized spacial score (nSPS) is 10.1. The fraction of sp³-hybridized carbons (Fsp3) is 0.444. The monoisotopic (exact) mass is 229 g/mol. The molecule has 0 N–H and O–H groups in total. The molecule has 0 aliphatic carbocycles. The van der Waals surface area contributed by atoms with Gasteiger partial charge in [0.1, 0.15) is 5.15 Å². The Morgan fingerprint density at radius 3 is 2.80 bits per heavy atom. The Morgan fingerprint density at radius 2 is 2.27 bits per heavy atom. The average Bonchev–Trinajstić information content (AvgIpc) is 2.15. The van der Waals surface area contributed by atoms with Gasteiger partial charge in [0.15, 0.2) is 0 Å². The van der Waals surface area contributed by atoms with Crippen molar-refractivity contribution in [3.63, 3.8) is 0 Å². The number of hydrogen-bond acceptors (Lipinski definition) is 3. The molecule has 0 atom stereocenters. The zero-order chi connectivity index (χ0) is 11.4. The average molecular weight is 230 g/mol. The van der Waals surface area contributed by atoms with Crippen LogP contribution < -0.4 is 5.56 Å². The van der Waals surface area contributed by atoms with Crippen LogP contribution in [0.15, 0.2) is 17.2 Å². The summed E-state index contributed by atoms with van der Waals surface area (Å²) in [5, 5.41) is 0.162. The molecule has 1 heterocycles. The highest BCUT2D eigenvalue weighted by Gasteiger charge is 2.05. The summed E-state index contributed by atoms with van der Waals surface area (Å²) in [7, 11) is 3.34. The van der Waals surface area contributed by atoms with Crippen LogP contribution in [-0.4, -0.2) is 34.5 Å². The minimum atomic E-state index is -0.249. The first-order valence-corrected chi connectivity index (χ1v) is 4.80. The van der Waals surface area contributed by atoms with E-state index >= 15 is 0 Å². The molecular weight excluding hydrogens is 218 g/mol. The largest absolute Gasteiger partial charge is 0.349 e. The van der Waals surface area contributed by atoms with Gasteiger partial charge in [0.25, 0.3) is 5.56 Å². The summed E-state index contributed by atoms with van der Waals surface area (Å²) in [4.78, 5) is 27.8. The highest BCUT2D eigenvalue weighted by molar-refractivity contribution is 6.29. The number of rotatable bonds is 3. The lowest BCUT2D eigenvalue weighted by atomic mass is 10.4. The van der Waals surface area contributed by atoms with E-state index in [1.165, 1.54) is 21.9 Å². The predicted octanol–water partition coefficient (Wildman–Crippen LogP) is 0.375. The van der Waals surface area contributed by atoms with E-state index in [9.17, 15) is 9.59 Å². The van der Waals surface area contributed by atoms with Crippen LogP contribution in [-0.2, 0) is 11.3 Å². The van der Waals surface area contributed by atoms with Gasteiger partial charge in [-0.25, -0.2) is 4.98 Å². The van der Waals surface area contributed by atoms with Crippen molar-refractivity contribution in [2.45, 2.75) is 13.0 Å². The molecule has 0 aliphatic rings. The lowest BCUT2D eigenvalue weighted by molar-refractivity contribution is -0.128. The molecule has 0 aromatic carbocycles. The summed E-state index contributed by atoms with van der Waals surface area (Å²) >= 11 is 5.53. The fourth-order valence-electron chi connectivity index (χ4n) is 1.01. The number of nitrogens with zero attached hydrogens (tertiary/aromatic N) is 3. The van der Waals surface area contributed by atoms with E-state index < -0.39 is 0 Å². The summed E-state index contributed by atoms with van der Waals surface area (Å²) < 4.78 is 1.35. The number of hydrogen-bond donors (Lipinski definition) is 0. The molecule has 6 heteroatoms. The fourth-order valence-corrected chi connectivity index (χ4v) is 1.15. The van der Waals surface area contributed by atoms with Crippen molar-refractivity contribution < 1.29 is 4.79 Å². The van der Waals surface area contributed by atoms with Gasteiger partial charge in [-0.1, -0.05) is 11.6 Å². The molecule has 1 rings (SSSR count). The predicted molar refractivity (Wildman–Crippen MR) is 56.8 cm³/mol. The number of aryl methyl sites for hydroxylation is 1. The van der Waals surface area contributed by atoms with Gasteiger partial charge in [-0.3, -0.25) is 14.2 Å². The topological polar surface area (TPSA) is 55.2 Å². The van der Waals surface area contributed by atoms with Gasteiger partial charge in [-0.2, -0.15) is 0 Å². The third kappa shape index (κ3) is 3.36. The minimum absolute atomic E-state index is 0.0307. The Labute approximate surface area is 92.3 Å². The van der Waals surface area contributed by atoms with Gasteiger partial charge in [-0.05, 0) is 0 Å². The first-order valence-electron chi connectivity index (χ1n) is 4.43. The van der Waals surface area contributed by atoms with Crippen molar-refractivity contribution >= 4 is 17.5 Å². The van der Waals surface area contributed by atoms with E-state index in [4.69, 9.17) is 11.6 Å². The molecule has 1 aromatic heterocycles. The summed E-state index contributed by atoms with van der Waals surface area (Å²) in [5.74, 6) is -0.0307. The van der Waals surface area contributed by atoms with Gasteiger partial charge in [0.05, 0.1) is 6.33 Å². The maximum atomic E-state index is 11.3. The zero-order valence-electron chi connectivity index (χ0n) is 8.61. The highest BCUT2D eigenvalue weighted by Crippen LogP contribution is 1.97. The SMILES string of the molecule is CN(C)C(=O)CCn1cnc(Cl)cc1=O. The van der Waals surface area contributed by atoms with E-state index in [0.717, 1.165) is 0 Å². The molecule has 0 fully saturated rings. The van der Waals surface area contributed by atoms with Crippen LogP contribution >= 0.6 is 11.6 Å². The van der Waals surface area contributed by atoms with Crippen LogP contribution in [0.2, 0.25) is 5.15 Å². The molecule has 0 spiro atoms. The molecule has 1 amide bonds. The van der Waals surface area contributed by atoms with E-state index in [1.807, 2.05) is 0 Å². The summed E-state index contributed by atoms with van der Waals surface area (Å²) in [6.07, 6.45) is 1.61. The van der Waals surface area contributed by atoms with Gasteiger partial charge in [0.2, 0.25) is 5.91 Å². The Kier molecular flexibility index (Phi) is 3.85. The zero-order valence-corrected chi connectivity index (χ0v) is 9.36. The maximum Gasteiger partial charge on any atom is 0.254 e. The lowest BCUT2D eigenvalue weighted by Gasteiger charge is -2.10. The molecule has 82 valence electrons. The van der Waals surface area contributed by atoms with Crippen molar-refractivity contribution in [1.82, 2.24) is 14.5 Å². The molecule has 0 saturated carbocycles. The van der Waals surface area contributed by atoms with Crippen LogP contribution in [0.3, 0.4) is 0 Å². The second kappa shape index (κ2) is 4.93. The molecule has 15 heavy (non-hydrogen) atoms. The van der Waals surface area contributed by atoms with Gasteiger partial charge in [-0.15, -0.1) is 0 Å². The van der Waals surface area contributed by atoms with Gasteiger partial charge < -0.3 is 4.90 Å². The number of carbonyl (C=O) groups excluding carboxylic acids is 1. The summed E-state index contributed by atoms with van der Waals surface area (Å²) in [5.41, 5.74) is -0.249. The highest BCUT2D eigenvalue weighted by atomic mass is 35.5. The van der Waals surface area contributed by atoms with Crippen LogP contribution in [0.1, 0.15) is 6.42 Å². The van der Waals surface area contributed by atoms with Crippen molar-refractivity contribution in [3.05, 3.63) is 27.9 Å².